The lowest BCUT2D eigenvalue weighted by atomic mass is 9.94. The maximum Gasteiger partial charge on any atom is 0.247 e. The predicted molar refractivity (Wildman–Crippen MR) is 147 cm³/mol. The number of amides is 2. The van der Waals surface area contributed by atoms with Crippen molar-refractivity contribution >= 4 is 23.2 Å². The Morgan fingerprint density at radius 3 is 2.42 bits per heavy atom. The van der Waals surface area contributed by atoms with Gasteiger partial charge in [-0.15, -0.1) is 11.3 Å². The zero-order valence-electron chi connectivity index (χ0n) is 22.0. The lowest BCUT2D eigenvalue weighted by Crippen LogP contribution is -2.48. The van der Waals surface area contributed by atoms with E-state index in [0.29, 0.717) is 30.0 Å². The van der Waals surface area contributed by atoms with Crippen LogP contribution in [0.3, 0.4) is 0 Å². The highest BCUT2D eigenvalue weighted by Crippen LogP contribution is 2.29. The first-order valence-electron chi connectivity index (χ1n) is 13.1. The second-order valence-electron chi connectivity index (χ2n) is 9.58. The first-order chi connectivity index (χ1) is 18.5. The molecule has 6 nitrogen and oxygen atoms in total. The molecule has 38 heavy (non-hydrogen) atoms. The maximum atomic E-state index is 13.8. The number of nitrogens with zero attached hydrogens (tertiary/aromatic N) is 1. The largest absolute Gasteiger partial charge is 0.493 e. The number of rotatable bonds is 11. The summed E-state index contributed by atoms with van der Waals surface area (Å²) in [5.41, 5.74) is 1.54. The Labute approximate surface area is 227 Å². The molecule has 1 aliphatic carbocycles. The van der Waals surface area contributed by atoms with Crippen LogP contribution >= 0.6 is 11.3 Å². The number of thiophene rings is 1. The van der Waals surface area contributed by atoms with E-state index in [4.69, 9.17) is 9.47 Å². The summed E-state index contributed by atoms with van der Waals surface area (Å²) in [5.74, 6) is 0.461. The van der Waals surface area contributed by atoms with Crippen LogP contribution in [0.5, 0.6) is 11.5 Å². The van der Waals surface area contributed by atoms with Crippen molar-refractivity contribution in [1.82, 2.24) is 10.2 Å². The Morgan fingerprint density at radius 1 is 1.03 bits per heavy atom. The molecule has 1 saturated carbocycles. The third kappa shape index (κ3) is 7.13. The molecule has 1 heterocycles. The summed E-state index contributed by atoms with van der Waals surface area (Å²) < 4.78 is 24.6. The molecular formula is C30H35FN2O4S. The normalized spacial score (nSPS) is 14.5. The first kappa shape index (κ1) is 27.6. The standard InChI is InChI=1S/C30H35FN2O4S/c1-36-26-15-10-21(19-27(26)37-2)16-17-33(28(34)20-25-9-6-18-38-25)29(22-11-13-23(31)14-12-22)30(35)32-24-7-4-3-5-8-24/h6,9-15,18-19,24,29H,3-5,7-8,16-17,20H2,1-2H3,(H,32,35)/t29-/m1/s1. The molecule has 0 aliphatic heterocycles. The van der Waals surface area contributed by atoms with Gasteiger partial charge in [-0.3, -0.25) is 9.59 Å². The van der Waals surface area contributed by atoms with Crippen molar-refractivity contribution in [1.29, 1.82) is 0 Å². The predicted octanol–water partition coefficient (Wildman–Crippen LogP) is 5.71. The Hall–Kier alpha value is -3.39. The summed E-state index contributed by atoms with van der Waals surface area (Å²) in [6.45, 7) is 0.305. The number of hydrogen-bond acceptors (Lipinski definition) is 5. The molecule has 1 N–H and O–H groups in total. The Balaban J connectivity index is 1.65. The second kappa shape index (κ2) is 13.4. The van der Waals surface area contributed by atoms with E-state index in [1.54, 1.807) is 31.3 Å². The monoisotopic (exact) mass is 538 g/mol. The Bertz CT molecular complexity index is 1190. The average molecular weight is 539 g/mol. The van der Waals surface area contributed by atoms with Gasteiger partial charge in [0.25, 0.3) is 0 Å². The zero-order valence-corrected chi connectivity index (χ0v) is 22.8. The summed E-state index contributed by atoms with van der Waals surface area (Å²) in [4.78, 5) is 30.1. The van der Waals surface area contributed by atoms with Crippen LogP contribution in [0.4, 0.5) is 4.39 Å². The van der Waals surface area contributed by atoms with E-state index in [2.05, 4.69) is 5.32 Å². The molecule has 0 bridgehead atoms. The van der Waals surface area contributed by atoms with Gasteiger partial charge in [0.15, 0.2) is 11.5 Å². The van der Waals surface area contributed by atoms with Crippen LogP contribution in [-0.2, 0) is 22.4 Å². The lowest BCUT2D eigenvalue weighted by Gasteiger charge is -2.33. The molecule has 4 rings (SSSR count). The van der Waals surface area contributed by atoms with E-state index in [1.165, 1.54) is 29.9 Å². The molecule has 8 heteroatoms. The minimum absolute atomic E-state index is 0.0827. The fraction of sp³-hybridized carbons (Fsp3) is 0.400. The summed E-state index contributed by atoms with van der Waals surface area (Å²) >= 11 is 1.51. The van der Waals surface area contributed by atoms with Crippen molar-refractivity contribution in [2.75, 3.05) is 20.8 Å². The number of ether oxygens (including phenoxy) is 2. The number of nitrogens with one attached hydrogen (secondary N) is 1. The van der Waals surface area contributed by atoms with Crippen LogP contribution in [0.1, 0.15) is 54.1 Å². The smallest absolute Gasteiger partial charge is 0.247 e. The molecule has 1 aromatic heterocycles. The van der Waals surface area contributed by atoms with Gasteiger partial charge in [-0.1, -0.05) is 43.5 Å². The van der Waals surface area contributed by atoms with Gasteiger partial charge in [0.1, 0.15) is 11.9 Å². The Kier molecular flexibility index (Phi) is 9.76. The number of hydrogen-bond donors (Lipinski definition) is 1. The van der Waals surface area contributed by atoms with Gasteiger partial charge in [-0.05, 0) is 66.1 Å². The van der Waals surface area contributed by atoms with Crippen LogP contribution in [-0.4, -0.2) is 43.5 Å². The van der Waals surface area contributed by atoms with Crippen molar-refractivity contribution in [3.63, 3.8) is 0 Å². The van der Waals surface area contributed by atoms with Crippen LogP contribution in [0, 0.1) is 5.82 Å². The molecule has 0 spiro atoms. The van der Waals surface area contributed by atoms with Gasteiger partial charge in [0, 0.05) is 17.5 Å². The van der Waals surface area contributed by atoms with Gasteiger partial charge in [0.05, 0.1) is 20.6 Å². The molecule has 0 unspecified atom stereocenters. The number of carbonyl (C=O) groups excluding carboxylic acids is 2. The van der Waals surface area contributed by atoms with E-state index in [0.717, 1.165) is 36.1 Å². The van der Waals surface area contributed by atoms with E-state index >= 15 is 0 Å². The third-order valence-corrected chi connectivity index (χ3v) is 7.89. The quantitative estimate of drug-likeness (QED) is 0.340. The van der Waals surface area contributed by atoms with Crippen LogP contribution in [0.15, 0.2) is 60.0 Å². The van der Waals surface area contributed by atoms with Crippen molar-refractivity contribution in [3.8, 4) is 11.5 Å². The molecule has 0 radical (unpaired) electrons. The highest BCUT2D eigenvalue weighted by Gasteiger charge is 2.33. The molecule has 3 aromatic rings. The fourth-order valence-electron chi connectivity index (χ4n) is 4.99. The molecule has 1 aliphatic rings. The second-order valence-corrected chi connectivity index (χ2v) is 10.6. The highest BCUT2D eigenvalue weighted by atomic mass is 32.1. The average Bonchev–Trinajstić information content (AvgIpc) is 3.45. The topological polar surface area (TPSA) is 67.9 Å². The summed E-state index contributed by atoms with van der Waals surface area (Å²) in [6.07, 6.45) is 5.87. The minimum atomic E-state index is -0.870. The summed E-state index contributed by atoms with van der Waals surface area (Å²) in [5, 5.41) is 5.13. The molecule has 1 atom stereocenters. The SMILES string of the molecule is COc1ccc(CCN(C(=O)Cc2cccs2)[C@@H](C(=O)NC2CCCCC2)c2ccc(F)cc2)cc1OC. The van der Waals surface area contributed by atoms with Gasteiger partial charge in [0.2, 0.25) is 11.8 Å². The Morgan fingerprint density at radius 2 is 1.76 bits per heavy atom. The van der Waals surface area contributed by atoms with Gasteiger partial charge < -0.3 is 19.7 Å². The van der Waals surface area contributed by atoms with Gasteiger partial charge >= 0.3 is 0 Å². The maximum absolute atomic E-state index is 13.8. The number of halogens is 1. The van der Waals surface area contributed by atoms with Crippen LogP contribution < -0.4 is 14.8 Å². The molecule has 2 aromatic carbocycles. The van der Waals surface area contributed by atoms with Crippen molar-refractivity contribution in [3.05, 3.63) is 81.8 Å². The van der Waals surface area contributed by atoms with E-state index in [-0.39, 0.29) is 30.1 Å². The number of methoxy groups -OCH3 is 2. The van der Waals surface area contributed by atoms with Crippen molar-refractivity contribution < 1.29 is 23.5 Å². The molecule has 0 saturated heterocycles. The summed E-state index contributed by atoms with van der Waals surface area (Å²) in [7, 11) is 3.17. The van der Waals surface area contributed by atoms with Crippen LogP contribution in [0.2, 0.25) is 0 Å². The van der Waals surface area contributed by atoms with Crippen molar-refractivity contribution in [2.45, 2.75) is 57.0 Å². The van der Waals surface area contributed by atoms with E-state index in [1.807, 2.05) is 35.7 Å². The van der Waals surface area contributed by atoms with Gasteiger partial charge in [-0.2, -0.15) is 0 Å². The number of benzene rings is 2. The van der Waals surface area contributed by atoms with E-state index < -0.39 is 6.04 Å². The molecule has 202 valence electrons. The minimum Gasteiger partial charge on any atom is -0.493 e. The van der Waals surface area contributed by atoms with Crippen molar-refractivity contribution in [2.24, 2.45) is 0 Å². The number of carbonyl (C=O) groups is 2. The van der Waals surface area contributed by atoms with Gasteiger partial charge in [-0.25, -0.2) is 4.39 Å². The zero-order chi connectivity index (χ0) is 26.9. The molecule has 2 amide bonds. The lowest BCUT2D eigenvalue weighted by molar-refractivity contribution is -0.140. The fourth-order valence-corrected chi connectivity index (χ4v) is 5.69. The van der Waals surface area contributed by atoms with Crippen LogP contribution in [0.25, 0.3) is 0 Å². The highest BCUT2D eigenvalue weighted by molar-refractivity contribution is 7.10. The summed E-state index contributed by atoms with van der Waals surface area (Å²) in [6, 6.07) is 14.6. The third-order valence-electron chi connectivity index (χ3n) is 7.01. The first-order valence-corrected chi connectivity index (χ1v) is 13.9. The molecular weight excluding hydrogens is 503 g/mol. The van der Waals surface area contributed by atoms with E-state index in [9.17, 15) is 14.0 Å². The molecule has 1 fully saturated rings.